The number of benzene rings is 1. The predicted molar refractivity (Wildman–Crippen MR) is 87.0 cm³/mol. The minimum atomic E-state index is -0.584. The van der Waals surface area contributed by atoms with Gasteiger partial charge in [-0.25, -0.2) is 4.79 Å². The molecule has 1 N–H and O–H groups in total. The molecule has 2 aliphatic rings. The van der Waals surface area contributed by atoms with Gasteiger partial charge in [0.25, 0.3) is 5.91 Å². The maximum atomic E-state index is 12.4. The van der Waals surface area contributed by atoms with E-state index in [-0.39, 0.29) is 25.5 Å². The number of rotatable bonds is 4. The Hall–Kier alpha value is -3.10. The van der Waals surface area contributed by atoms with E-state index in [2.05, 4.69) is 5.32 Å². The Bertz CT molecular complexity index is 719. The number of methoxy groups -OCH3 is 1. The van der Waals surface area contributed by atoms with Gasteiger partial charge < -0.3 is 19.9 Å². The summed E-state index contributed by atoms with van der Waals surface area (Å²) in [7, 11) is 1.55. The molecular weight excluding hydrogens is 328 g/mol. The topological polar surface area (TPSA) is 99.3 Å². The van der Waals surface area contributed by atoms with Gasteiger partial charge in [0.05, 0.1) is 13.7 Å². The second-order valence-corrected chi connectivity index (χ2v) is 5.70. The average molecular weight is 346 g/mol. The number of amides is 5. The van der Waals surface area contributed by atoms with E-state index in [4.69, 9.17) is 4.74 Å². The van der Waals surface area contributed by atoms with Crippen molar-refractivity contribution in [3.05, 3.63) is 24.3 Å². The molecule has 1 aromatic carbocycles. The number of piperazine rings is 1. The number of hydrogen-bond acceptors (Lipinski definition) is 5. The van der Waals surface area contributed by atoms with Gasteiger partial charge in [-0.05, 0) is 12.1 Å². The van der Waals surface area contributed by atoms with Crippen LogP contribution < -0.4 is 15.0 Å². The average Bonchev–Trinajstić information content (AvgIpc) is 2.93. The minimum absolute atomic E-state index is 0.0975. The van der Waals surface area contributed by atoms with Crippen molar-refractivity contribution in [2.24, 2.45) is 0 Å². The molecule has 2 fully saturated rings. The summed E-state index contributed by atoms with van der Waals surface area (Å²) in [6.45, 7) is 0.106. The number of carbonyl (C=O) groups is 4. The highest BCUT2D eigenvalue weighted by atomic mass is 16.5. The van der Waals surface area contributed by atoms with Crippen molar-refractivity contribution < 1.29 is 23.9 Å². The van der Waals surface area contributed by atoms with Crippen molar-refractivity contribution in [1.82, 2.24) is 15.1 Å². The van der Waals surface area contributed by atoms with E-state index in [1.54, 1.807) is 36.3 Å². The van der Waals surface area contributed by atoms with E-state index in [1.165, 1.54) is 4.90 Å². The summed E-state index contributed by atoms with van der Waals surface area (Å²) in [6, 6.07) is 6.54. The van der Waals surface area contributed by atoms with Crippen LogP contribution in [0.5, 0.6) is 5.75 Å². The van der Waals surface area contributed by atoms with Crippen molar-refractivity contribution in [3.63, 3.8) is 0 Å². The maximum Gasteiger partial charge on any atom is 0.325 e. The van der Waals surface area contributed by atoms with Gasteiger partial charge in [0, 0.05) is 24.8 Å². The van der Waals surface area contributed by atoms with Gasteiger partial charge in [0.2, 0.25) is 11.8 Å². The number of ether oxygens (including phenoxy) is 1. The standard InChI is InChI=1S/C16H18N4O5/c1-25-12-4-2-3-11(7-12)19-6-5-18(9-15(19)23)14(22)10-20-13(21)8-17-16(20)24/h2-4,7H,5-6,8-10H2,1H3,(H,17,24). The normalized spacial score (nSPS) is 17.8. The molecule has 0 aromatic heterocycles. The minimum Gasteiger partial charge on any atom is -0.497 e. The van der Waals surface area contributed by atoms with Crippen LogP contribution in [0.4, 0.5) is 10.5 Å². The van der Waals surface area contributed by atoms with Crippen molar-refractivity contribution in [3.8, 4) is 5.75 Å². The quantitative estimate of drug-likeness (QED) is 0.736. The zero-order valence-electron chi connectivity index (χ0n) is 13.7. The lowest BCUT2D eigenvalue weighted by molar-refractivity contribution is -0.139. The molecule has 2 heterocycles. The van der Waals surface area contributed by atoms with Gasteiger partial charge >= 0.3 is 6.03 Å². The molecule has 2 aliphatic heterocycles. The second kappa shape index (κ2) is 6.80. The molecule has 0 radical (unpaired) electrons. The van der Waals surface area contributed by atoms with E-state index in [9.17, 15) is 19.2 Å². The molecule has 3 rings (SSSR count). The molecular formula is C16H18N4O5. The maximum absolute atomic E-state index is 12.4. The summed E-state index contributed by atoms with van der Waals surface area (Å²) >= 11 is 0. The summed E-state index contributed by atoms with van der Waals surface area (Å²) in [5, 5.41) is 2.36. The Kier molecular flexibility index (Phi) is 4.55. The molecule has 9 nitrogen and oxygen atoms in total. The zero-order chi connectivity index (χ0) is 18.0. The second-order valence-electron chi connectivity index (χ2n) is 5.70. The molecule has 25 heavy (non-hydrogen) atoms. The molecule has 2 saturated heterocycles. The largest absolute Gasteiger partial charge is 0.497 e. The fourth-order valence-corrected chi connectivity index (χ4v) is 2.79. The van der Waals surface area contributed by atoms with Crippen LogP contribution in [0.1, 0.15) is 0 Å². The Morgan fingerprint density at radius 1 is 1.20 bits per heavy atom. The number of nitrogens with one attached hydrogen (secondary N) is 1. The third-order valence-electron chi connectivity index (χ3n) is 4.17. The van der Waals surface area contributed by atoms with Crippen LogP contribution >= 0.6 is 0 Å². The summed E-state index contributed by atoms with van der Waals surface area (Å²) < 4.78 is 5.16. The highest BCUT2D eigenvalue weighted by Gasteiger charge is 2.34. The molecule has 5 amide bonds. The first-order valence-electron chi connectivity index (χ1n) is 7.80. The van der Waals surface area contributed by atoms with Crippen molar-refractivity contribution in [2.75, 3.05) is 44.7 Å². The number of nitrogens with zero attached hydrogens (tertiary/aromatic N) is 3. The van der Waals surface area contributed by atoms with Gasteiger partial charge in [0.15, 0.2) is 0 Å². The lowest BCUT2D eigenvalue weighted by Gasteiger charge is -2.34. The molecule has 0 bridgehead atoms. The molecule has 9 heteroatoms. The fraction of sp³-hybridized carbons (Fsp3) is 0.375. The van der Waals surface area contributed by atoms with E-state index in [1.807, 2.05) is 0 Å². The number of anilines is 1. The van der Waals surface area contributed by atoms with E-state index in [0.29, 0.717) is 24.5 Å². The molecule has 132 valence electrons. The number of urea groups is 1. The van der Waals surface area contributed by atoms with Gasteiger partial charge in [-0.1, -0.05) is 6.07 Å². The smallest absolute Gasteiger partial charge is 0.325 e. The summed E-state index contributed by atoms with van der Waals surface area (Å²) in [5.41, 5.74) is 0.700. The Morgan fingerprint density at radius 3 is 2.64 bits per heavy atom. The highest BCUT2D eigenvalue weighted by Crippen LogP contribution is 2.22. The van der Waals surface area contributed by atoms with Gasteiger partial charge in [0.1, 0.15) is 18.8 Å². The highest BCUT2D eigenvalue weighted by molar-refractivity contribution is 6.05. The first kappa shape index (κ1) is 16.7. The van der Waals surface area contributed by atoms with Crippen LogP contribution in [0.15, 0.2) is 24.3 Å². The van der Waals surface area contributed by atoms with Crippen molar-refractivity contribution >= 4 is 29.4 Å². The molecule has 0 spiro atoms. The Morgan fingerprint density at radius 2 is 2.00 bits per heavy atom. The lowest BCUT2D eigenvalue weighted by atomic mass is 10.2. The van der Waals surface area contributed by atoms with Crippen molar-refractivity contribution in [2.45, 2.75) is 0 Å². The number of imide groups is 1. The van der Waals surface area contributed by atoms with Gasteiger partial charge in [-0.2, -0.15) is 0 Å². The molecule has 0 aliphatic carbocycles. The van der Waals surface area contributed by atoms with Crippen LogP contribution in [-0.4, -0.2) is 73.4 Å². The fourth-order valence-electron chi connectivity index (χ4n) is 2.79. The number of hydrogen-bond donors (Lipinski definition) is 1. The van der Waals surface area contributed by atoms with Crippen LogP contribution in [0.25, 0.3) is 0 Å². The summed E-state index contributed by atoms with van der Waals surface area (Å²) in [6.07, 6.45) is 0. The Balaban J connectivity index is 1.63. The summed E-state index contributed by atoms with van der Waals surface area (Å²) in [4.78, 5) is 51.6. The van der Waals surface area contributed by atoms with Crippen molar-refractivity contribution in [1.29, 1.82) is 0 Å². The molecule has 1 aromatic rings. The SMILES string of the molecule is COc1cccc(N2CCN(C(=O)CN3C(=O)CNC3=O)CC2=O)c1. The lowest BCUT2D eigenvalue weighted by Crippen LogP contribution is -2.54. The monoisotopic (exact) mass is 346 g/mol. The van der Waals surface area contributed by atoms with Crippen LogP contribution in [0.2, 0.25) is 0 Å². The van der Waals surface area contributed by atoms with Crippen LogP contribution in [0, 0.1) is 0 Å². The van der Waals surface area contributed by atoms with E-state index < -0.39 is 17.8 Å². The first-order valence-corrected chi connectivity index (χ1v) is 7.80. The molecule has 0 unspecified atom stereocenters. The third kappa shape index (κ3) is 3.39. The van der Waals surface area contributed by atoms with Gasteiger partial charge in [-0.3, -0.25) is 19.3 Å². The first-order chi connectivity index (χ1) is 12.0. The van der Waals surface area contributed by atoms with E-state index in [0.717, 1.165) is 4.90 Å². The van der Waals surface area contributed by atoms with E-state index >= 15 is 0 Å². The van der Waals surface area contributed by atoms with Gasteiger partial charge in [-0.15, -0.1) is 0 Å². The predicted octanol–water partition coefficient (Wildman–Crippen LogP) is -0.578. The molecule has 0 atom stereocenters. The van der Waals surface area contributed by atoms with Crippen LogP contribution in [0.3, 0.4) is 0 Å². The third-order valence-corrected chi connectivity index (χ3v) is 4.17. The number of carbonyl (C=O) groups excluding carboxylic acids is 4. The van der Waals surface area contributed by atoms with Crippen LogP contribution in [-0.2, 0) is 14.4 Å². The zero-order valence-corrected chi connectivity index (χ0v) is 13.7. The summed E-state index contributed by atoms with van der Waals surface area (Å²) in [5.74, 6) is -0.462. The Labute approximate surface area is 144 Å². The molecule has 0 saturated carbocycles.